The van der Waals surface area contributed by atoms with Gasteiger partial charge in [0.25, 0.3) is 0 Å². The van der Waals surface area contributed by atoms with Crippen molar-refractivity contribution in [3.8, 4) is 0 Å². The van der Waals surface area contributed by atoms with Gasteiger partial charge in [-0.15, -0.1) is 0 Å². The van der Waals surface area contributed by atoms with Gasteiger partial charge in [-0.2, -0.15) is 0 Å². The summed E-state index contributed by atoms with van der Waals surface area (Å²) in [5.74, 6) is 1.36. The van der Waals surface area contributed by atoms with E-state index in [1.165, 1.54) is 12.7 Å². The molecule has 1 atom stereocenters. The SMILES string of the molecule is CN(CC(=O)NCCC1CCNC1)c1ncnc2nc[nH]c12. The Morgan fingerprint density at radius 1 is 1.45 bits per heavy atom. The monoisotopic (exact) mass is 303 g/mol. The topological polar surface area (TPSA) is 98.8 Å². The minimum Gasteiger partial charge on any atom is -0.355 e. The number of amides is 1. The number of hydrogen-bond donors (Lipinski definition) is 3. The number of aromatic amines is 1. The molecule has 3 rings (SSSR count). The lowest BCUT2D eigenvalue weighted by molar-refractivity contribution is -0.119. The van der Waals surface area contributed by atoms with Crippen LogP contribution in [0.2, 0.25) is 0 Å². The normalized spacial score (nSPS) is 17.8. The number of nitrogens with zero attached hydrogens (tertiary/aromatic N) is 4. The van der Waals surface area contributed by atoms with E-state index < -0.39 is 0 Å². The first-order valence-corrected chi connectivity index (χ1v) is 7.56. The van der Waals surface area contributed by atoms with Crippen LogP contribution in [0.25, 0.3) is 11.2 Å². The molecule has 3 N–H and O–H groups in total. The largest absolute Gasteiger partial charge is 0.355 e. The molecule has 1 aliphatic rings. The summed E-state index contributed by atoms with van der Waals surface area (Å²) in [6, 6.07) is 0. The van der Waals surface area contributed by atoms with Gasteiger partial charge < -0.3 is 20.5 Å². The number of H-pyrrole nitrogens is 1. The first kappa shape index (κ1) is 14.7. The smallest absolute Gasteiger partial charge is 0.239 e. The molecule has 0 bridgehead atoms. The van der Waals surface area contributed by atoms with Crippen LogP contribution in [0, 0.1) is 5.92 Å². The number of fused-ring (bicyclic) bond motifs is 1. The molecular formula is C14H21N7O. The third-order valence-corrected chi connectivity index (χ3v) is 3.98. The van der Waals surface area contributed by atoms with E-state index in [1.54, 1.807) is 11.2 Å². The molecular weight excluding hydrogens is 282 g/mol. The molecule has 1 aliphatic heterocycles. The van der Waals surface area contributed by atoms with Crippen LogP contribution < -0.4 is 15.5 Å². The Balaban J connectivity index is 1.51. The van der Waals surface area contributed by atoms with Crippen molar-refractivity contribution in [2.75, 3.05) is 38.1 Å². The van der Waals surface area contributed by atoms with Gasteiger partial charge in [-0.05, 0) is 31.8 Å². The molecule has 8 nitrogen and oxygen atoms in total. The minimum absolute atomic E-state index is 0.000247. The van der Waals surface area contributed by atoms with Crippen LogP contribution in [-0.2, 0) is 4.79 Å². The fourth-order valence-electron chi connectivity index (χ4n) is 2.76. The van der Waals surface area contributed by atoms with Crippen molar-refractivity contribution in [2.24, 2.45) is 5.92 Å². The maximum absolute atomic E-state index is 12.0. The van der Waals surface area contributed by atoms with Gasteiger partial charge in [-0.3, -0.25) is 4.79 Å². The zero-order chi connectivity index (χ0) is 15.4. The number of rotatable bonds is 6. The van der Waals surface area contributed by atoms with Crippen molar-refractivity contribution in [3.05, 3.63) is 12.7 Å². The second-order valence-corrected chi connectivity index (χ2v) is 5.65. The molecule has 8 heteroatoms. The molecule has 118 valence electrons. The lowest BCUT2D eigenvalue weighted by atomic mass is 10.1. The van der Waals surface area contributed by atoms with E-state index in [-0.39, 0.29) is 12.5 Å². The predicted octanol–water partition coefficient (Wildman–Crippen LogP) is -0.0951. The first-order valence-electron chi connectivity index (χ1n) is 7.56. The van der Waals surface area contributed by atoms with Gasteiger partial charge in [-0.25, -0.2) is 15.0 Å². The number of likely N-dealkylation sites (N-methyl/N-ethyl adjacent to an activating group) is 1. The summed E-state index contributed by atoms with van der Waals surface area (Å²) in [6.07, 6.45) is 5.27. The molecule has 22 heavy (non-hydrogen) atoms. The highest BCUT2D eigenvalue weighted by atomic mass is 16.2. The number of aromatic nitrogens is 4. The zero-order valence-electron chi connectivity index (χ0n) is 12.7. The zero-order valence-corrected chi connectivity index (χ0v) is 12.7. The fourth-order valence-corrected chi connectivity index (χ4v) is 2.76. The molecule has 0 aliphatic carbocycles. The van der Waals surface area contributed by atoms with Gasteiger partial charge in [0.15, 0.2) is 11.5 Å². The molecule has 0 aromatic carbocycles. The highest BCUT2D eigenvalue weighted by Gasteiger charge is 2.16. The lowest BCUT2D eigenvalue weighted by Crippen LogP contribution is -2.36. The number of hydrogen-bond acceptors (Lipinski definition) is 6. The van der Waals surface area contributed by atoms with Crippen molar-refractivity contribution in [3.63, 3.8) is 0 Å². The number of nitrogens with one attached hydrogen (secondary N) is 3. The van der Waals surface area contributed by atoms with Gasteiger partial charge in [0.2, 0.25) is 5.91 Å². The van der Waals surface area contributed by atoms with Crippen LogP contribution in [0.15, 0.2) is 12.7 Å². The van der Waals surface area contributed by atoms with Gasteiger partial charge >= 0.3 is 0 Å². The average Bonchev–Trinajstić information content (AvgIpc) is 3.17. The van der Waals surface area contributed by atoms with Gasteiger partial charge in [-0.1, -0.05) is 0 Å². The Hall–Kier alpha value is -2.22. The Morgan fingerprint density at radius 3 is 3.18 bits per heavy atom. The van der Waals surface area contributed by atoms with E-state index in [1.807, 2.05) is 7.05 Å². The quantitative estimate of drug-likeness (QED) is 0.689. The summed E-state index contributed by atoms with van der Waals surface area (Å²) in [5.41, 5.74) is 1.35. The maximum Gasteiger partial charge on any atom is 0.239 e. The van der Waals surface area contributed by atoms with Crippen LogP contribution in [0.5, 0.6) is 0 Å². The van der Waals surface area contributed by atoms with E-state index in [9.17, 15) is 4.79 Å². The number of imidazole rings is 1. The van der Waals surface area contributed by atoms with Crippen molar-refractivity contribution < 1.29 is 4.79 Å². The Bertz CT molecular complexity index is 635. The highest BCUT2D eigenvalue weighted by molar-refractivity contribution is 5.86. The van der Waals surface area contributed by atoms with Crippen molar-refractivity contribution in [1.82, 2.24) is 30.6 Å². The minimum atomic E-state index is -0.000247. The molecule has 1 unspecified atom stereocenters. The second kappa shape index (κ2) is 6.69. The third-order valence-electron chi connectivity index (χ3n) is 3.98. The molecule has 1 amide bonds. The van der Waals surface area contributed by atoms with Crippen molar-refractivity contribution >= 4 is 22.9 Å². The molecule has 2 aromatic rings. The van der Waals surface area contributed by atoms with Crippen LogP contribution >= 0.6 is 0 Å². The Morgan fingerprint density at radius 2 is 2.36 bits per heavy atom. The Kier molecular flexibility index (Phi) is 4.47. The van der Waals surface area contributed by atoms with Crippen LogP contribution in [0.1, 0.15) is 12.8 Å². The van der Waals surface area contributed by atoms with E-state index >= 15 is 0 Å². The maximum atomic E-state index is 12.0. The summed E-state index contributed by atoms with van der Waals surface area (Å²) in [7, 11) is 1.84. The first-order chi connectivity index (χ1) is 10.7. The summed E-state index contributed by atoms with van der Waals surface area (Å²) in [6.45, 7) is 3.14. The fraction of sp³-hybridized carbons (Fsp3) is 0.571. The van der Waals surface area contributed by atoms with E-state index in [0.29, 0.717) is 17.4 Å². The van der Waals surface area contributed by atoms with Gasteiger partial charge in [0.1, 0.15) is 11.8 Å². The summed E-state index contributed by atoms with van der Waals surface area (Å²) < 4.78 is 0. The van der Waals surface area contributed by atoms with Crippen molar-refractivity contribution in [1.29, 1.82) is 0 Å². The van der Waals surface area contributed by atoms with Crippen LogP contribution in [0.4, 0.5) is 5.82 Å². The molecule has 0 spiro atoms. The summed E-state index contributed by atoms with van der Waals surface area (Å²) in [4.78, 5) is 29.2. The number of anilines is 1. The second-order valence-electron chi connectivity index (χ2n) is 5.65. The highest BCUT2D eigenvalue weighted by Crippen LogP contribution is 2.17. The number of carbonyl (C=O) groups is 1. The molecule has 3 heterocycles. The third kappa shape index (κ3) is 3.33. The van der Waals surface area contributed by atoms with E-state index in [2.05, 4.69) is 30.6 Å². The van der Waals surface area contributed by atoms with E-state index in [4.69, 9.17) is 0 Å². The summed E-state index contributed by atoms with van der Waals surface area (Å²) in [5, 5.41) is 6.31. The van der Waals surface area contributed by atoms with Gasteiger partial charge in [0.05, 0.1) is 12.9 Å². The van der Waals surface area contributed by atoms with Crippen molar-refractivity contribution in [2.45, 2.75) is 12.8 Å². The molecule has 1 saturated heterocycles. The standard InChI is InChI=1S/C14H21N7O/c1-21(14-12-13(18-8-17-12)19-9-20-14)7-11(22)16-5-3-10-2-4-15-6-10/h8-10,15H,2-7H2,1H3,(H,16,22)(H,17,18,19,20). The lowest BCUT2D eigenvalue weighted by Gasteiger charge is -2.18. The van der Waals surface area contributed by atoms with E-state index in [0.717, 1.165) is 31.6 Å². The molecule has 0 saturated carbocycles. The summed E-state index contributed by atoms with van der Waals surface area (Å²) >= 11 is 0. The van der Waals surface area contributed by atoms with Gasteiger partial charge in [0, 0.05) is 13.6 Å². The Labute approximate surface area is 128 Å². The average molecular weight is 303 g/mol. The van der Waals surface area contributed by atoms with Crippen LogP contribution in [0.3, 0.4) is 0 Å². The predicted molar refractivity (Wildman–Crippen MR) is 83.6 cm³/mol. The van der Waals surface area contributed by atoms with Crippen LogP contribution in [-0.4, -0.2) is 59.1 Å². The number of carbonyl (C=O) groups excluding carboxylic acids is 1. The molecule has 1 fully saturated rings. The molecule has 2 aromatic heterocycles. The molecule has 0 radical (unpaired) electrons.